The van der Waals surface area contributed by atoms with Gasteiger partial charge >= 0.3 is 5.97 Å². The lowest BCUT2D eigenvalue weighted by atomic mass is 9.80. The topological polar surface area (TPSA) is 105 Å². The van der Waals surface area contributed by atoms with Crippen LogP contribution in [-0.4, -0.2) is 33.2 Å². The SMILES string of the molecule is Cc1noc2nc(-c3ccc(F)cc3)cc(C(=O)NC3CC(C(=O)O)C3)c12. The fraction of sp³-hybridized carbons (Fsp3) is 0.263. The second-order valence-electron chi connectivity index (χ2n) is 6.69. The van der Waals surface area contributed by atoms with Gasteiger partial charge in [-0.15, -0.1) is 0 Å². The van der Waals surface area contributed by atoms with Crippen LogP contribution in [0.15, 0.2) is 34.9 Å². The molecule has 0 saturated heterocycles. The molecule has 0 unspecified atom stereocenters. The van der Waals surface area contributed by atoms with E-state index in [1.54, 1.807) is 25.1 Å². The van der Waals surface area contributed by atoms with E-state index < -0.39 is 11.9 Å². The van der Waals surface area contributed by atoms with Crippen LogP contribution in [0.4, 0.5) is 4.39 Å². The molecule has 2 heterocycles. The second-order valence-corrected chi connectivity index (χ2v) is 6.69. The van der Waals surface area contributed by atoms with E-state index in [1.807, 2.05) is 0 Å². The van der Waals surface area contributed by atoms with Crippen molar-refractivity contribution >= 4 is 23.0 Å². The molecule has 0 aliphatic heterocycles. The summed E-state index contributed by atoms with van der Waals surface area (Å²) in [4.78, 5) is 28.1. The van der Waals surface area contributed by atoms with Crippen molar-refractivity contribution < 1.29 is 23.6 Å². The molecule has 1 amide bonds. The zero-order valence-corrected chi connectivity index (χ0v) is 14.4. The quantitative estimate of drug-likeness (QED) is 0.733. The van der Waals surface area contributed by atoms with Gasteiger partial charge in [-0.05, 0) is 50.1 Å². The first-order valence-electron chi connectivity index (χ1n) is 8.49. The molecule has 1 aliphatic rings. The van der Waals surface area contributed by atoms with E-state index in [2.05, 4.69) is 15.5 Å². The summed E-state index contributed by atoms with van der Waals surface area (Å²) in [6, 6.07) is 7.19. The van der Waals surface area contributed by atoms with Gasteiger partial charge in [0, 0.05) is 11.6 Å². The molecular weight excluding hydrogens is 353 g/mol. The minimum Gasteiger partial charge on any atom is -0.481 e. The number of pyridine rings is 1. The maximum absolute atomic E-state index is 13.2. The number of amides is 1. The van der Waals surface area contributed by atoms with Crippen LogP contribution in [0.5, 0.6) is 0 Å². The summed E-state index contributed by atoms with van der Waals surface area (Å²) >= 11 is 0. The smallest absolute Gasteiger partial charge is 0.306 e. The van der Waals surface area contributed by atoms with Crippen LogP contribution in [0.3, 0.4) is 0 Å². The maximum atomic E-state index is 13.2. The van der Waals surface area contributed by atoms with E-state index in [0.717, 1.165) is 0 Å². The minimum atomic E-state index is -0.847. The molecule has 1 aromatic carbocycles. The van der Waals surface area contributed by atoms with Gasteiger partial charge in [0.15, 0.2) is 0 Å². The normalized spacial score (nSPS) is 18.9. The highest BCUT2D eigenvalue weighted by atomic mass is 19.1. The average Bonchev–Trinajstić information content (AvgIpc) is 2.98. The summed E-state index contributed by atoms with van der Waals surface area (Å²) in [6.07, 6.45) is 0.811. The molecule has 1 saturated carbocycles. The first-order chi connectivity index (χ1) is 12.9. The van der Waals surface area contributed by atoms with Crippen LogP contribution in [0, 0.1) is 18.7 Å². The Balaban J connectivity index is 1.68. The van der Waals surface area contributed by atoms with Gasteiger partial charge in [-0.2, -0.15) is 0 Å². The molecular formula is C19H16FN3O4. The van der Waals surface area contributed by atoms with Crippen LogP contribution in [0.2, 0.25) is 0 Å². The highest BCUT2D eigenvalue weighted by Crippen LogP contribution is 2.30. The van der Waals surface area contributed by atoms with E-state index in [-0.39, 0.29) is 23.5 Å². The molecule has 0 bridgehead atoms. The molecule has 7 nitrogen and oxygen atoms in total. The van der Waals surface area contributed by atoms with Gasteiger partial charge in [-0.25, -0.2) is 9.37 Å². The number of nitrogens with zero attached hydrogens (tertiary/aromatic N) is 2. The molecule has 0 radical (unpaired) electrons. The molecule has 3 aromatic rings. The number of carboxylic acid groups (broad SMARTS) is 1. The summed E-state index contributed by atoms with van der Waals surface area (Å²) in [5.41, 5.74) is 2.19. The van der Waals surface area contributed by atoms with Crippen molar-refractivity contribution in [3.05, 3.63) is 47.4 Å². The zero-order valence-electron chi connectivity index (χ0n) is 14.4. The third-order valence-electron chi connectivity index (χ3n) is 4.82. The Kier molecular flexibility index (Phi) is 4.10. The third-order valence-corrected chi connectivity index (χ3v) is 4.82. The van der Waals surface area contributed by atoms with E-state index in [4.69, 9.17) is 9.63 Å². The number of carbonyl (C=O) groups is 2. The summed E-state index contributed by atoms with van der Waals surface area (Å²) in [5.74, 6) is -1.97. The number of hydrogen-bond acceptors (Lipinski definition) is 5. The van der Waals surface area contributed by atoms with Crippen molar-refractivity contribution in [1.29, 1.82) is 0 Å². The average molecular weight is 369 g/mol. The number of aryl methyl sites for hydroxylation is 1. The largest absolute Gasteiger partial charge is 0.481 e. The Morgan fingerprint density at radius 1 is 1.26 bits per heavy atom. The number of hydrogen-bond donors (Lipinski definition) is 2. The molecule has 0 atom stereocenters. The van der Waals surface area contributed by atoms with Gasteiger partial charge in [0.2, 0.25) is 0 Å². The van der Waals surface area contributed by atoms with Crippen LogP contribution >= 0.6 is 0 Å². The highest BCUT2D eigenvalue weighted by Gasteiger charge is 2.35. The van der Waals surface area contributed by atoms with E-state index in [9.17, 15) is 14.0 Å². The van der Waals surface area contributed by atoms with Crippen molar-refractivity contribution in [3.8, 4) is 11.3 Å². The number of carboxylic acids is 1. The maximum Gasteiger partial charge on any atom is 0.306 e. The minimum absolute atomic E-state index is 0.184. The van der Waals surface area contributed by atoms with Crippen LogP contribution < -0.4 is 5.32 Å². The second kappa shape index (κ2) is 6.46. The molecule has 4 rings (SSSR count). The van der Waals surface area contributed by atoms with Gasteiger partial charge in [0.25, 0.3) is 11.6 Å². The summed E-state index contributed by atoms with van der Waals surface area (Å²) in [6.45, 7) is 1.71. The van der Waals surface area contributed by atoms with Crippen LogP contribution in [-0.2, 0) is 4.79 Å². The molecule has 2 aromatic heterocycles. The summed E-state index contributed by atoms with van der Waals surface area (Å²) in [5, 5.41) is 16.2. The third kappa shape index (κ3) is 3.14. The van der Waals surface area contributed by atoms with Crippen molar-refractivity contribution in [2.45, 2.75) is 25.8 Å². The lowest BCUT2D eigenvalue weighted by molar-refractivity contribution is -0.145. The van der Waals surface area contributed by atoms with Crippen LogP contribution in [0.1, 0.15) is 28.9 Å². The molecule has 1 fully saturated rings. The zero-order chi connectivity index (χ0) is 19.1. The predicted molar refractivity (Wildman–Crippen MR) is 93.5 cm³/mol. The Morgan fingerprint density at radius 3 is 2.63 bits per heavy atom. The molecule has 8 heteroatoms. The standard InChI is InChI=1S/C19H16FN3O4/c1-9-16-14(17(24)21-13-6-11(7-13)19(25)26)8-15(22-18(16)27-23-9)10-2-4-12(20)5-3-10/h2-5,8,11,13H,6-7H2,1H3,(H,21,24)(H,25,26). The van der Waals surface area contributed by atoms with Gasteiger partial charge in [-0.1, -0.05) is 5.16 Å². The fourth-order valence-corrected chi connectivity index (χ4v) is 3.24. The van der Waals surface area contributed by atoms with E-state index in [1.165, 1.54) is 12.1 Å². The van der Waals surface area contributed by atoms with Gasteiger partial charge in [-0.3, -0.25) is 9.59 Å². The van der Waals surface area contributed by atoms with Gasteiger partial charge in [0.05, 0.1) is 28.3 Å². The molecule has 0 spiro atoms. The van der Waals surface area contributed by atoms with Crippen molar-refractivity contribution in [3.63, 3.8) is 0 Å². The Bertz CT molecular complexity index is 1040. The number of carbonyl (C=O) groups excluding carboxylic acids is 1. The van der Waals surface area contributed by atoms with Gasteiger partial charge in [0.1, 0.15) is 5.82 Å². The predicted octanol–water partition coefficient (Wildman–Crippen LogP) is 2.93. The van der Waals surface area contributed by atoms with Crippen molar-refractivity contribution in [1.82, 2.24) is 15.5 Å². The Hall–Kier alpha value is -3.29. The monoisotopic (exact) mass is 369 g/mol. The highest BCUT2D eigenvalue weighted by molar-refractivity contribution is 6.07. The number of halogens is 1. The molecule has 2 N–H and O–H groups in total. The fourth-order valence-electron chi connectivity index (χ4n) is 3.24. The molecule has 1 aliphatic carbocycles. The van der Waals surface area contributed by atoms with E-state index >= 15 is 0 Å². The lowest BCUT2D eigenvalue weighted by Crippen LogP contribution is -2.46. The van der Waals surface area contributed by atoms with Crippen molar-refractivity contribution in [2.75, 3.05) is 0 Å². The number of aromatic nitrogens is 2. The van der Waals surface area contributed by atoms with E-state index in [0.29, 0.717) is 40.7 Å². The van der Waals surface area contributed by atoms with Crippen LogP contribution in [0.25, 0.3) is 22.4 Å². The lowest BCUT2D eigenvalue weighted by Gasteiger charge is -2.32. The number of nitrogens with one attached hydrogen (secondary N) is 1. The summed E-state index contributed by atoms with van der Waals surface area (Å²) < 4.78 is 18.4. The first kappa shape index (κ1) is 17.1. The summed E-state index contributed by atoms with van der Waals surface area (Å²) in [7, 11) is 0. The number of aliphatic carboxylic acids is 1. The van der Waals surface area contributed by atoms with Gasteiger partial charge < -0.3 is 14.9 Å². The van der Waals surface area contributed by atoms with Crippen molar-refractivity contribution in [2.24, 2.45) is 5.92 Å². The Labute approximate surface area is 153 Å². The molecule has 138 valence electrons. The molecule has 27 heavy (non-hydrogen) atoms. The number of fused-ring (bicyclic) bond motifs is 1. The Morgan fingerprint density at radius 2 is 1.96 bits per heavy atom. The number of benzene rings is 1. The first-order valence-corrected chi connectivity index (χ1v) is 8.49. The number of rotatable bonds is 4.